The van der Waals surface area contributed by atoms with Gasteiger partial charge >= 0.3 is 5.97 Å². The number of ether oxygens (including phenoxy) is 1. The summed E-state index contributed by atoms with van der Waals surface area (Å²) in [6, 6.07) is 2.66. The number of anilines is 1. The van der Waals surface area contributed by atoms with Crippen molar-refractivity contribution in [3.63, 3.8) is 0 Å². The van der Waals surface area contributed by atoms with Gasteiger partial charge in [0.05, 0.1) is 17.8 Å². The molecule has 0 fully saturated rings. The normalized spacial score (nSPS) is 10.4. The van der Waals surface area contributed by atoms with Crippen LogP contribution in [0.2, 0.25) is 5.02 Å². The quantitative estimate of drug-likeness (QED) is 0.839. The molecule has 0 aliphatic rings. The lowest BCUT2D eigenvalue weighted by atomic mass is 10.1. The average molecular weight is 301 g/mol. The monoisotopic (exact) mass is 300 g/mol. The van der Waals surface area contributed by atoms with Gasteiger partial charge in [-0.15, -0.1) is 0 Å². The highest BCUT2D eigenvalue weighted by molar-refractivity contribution is 6.34. The summed E-state index contributed by atoms with van der Waals surface area (Å²) in [5, 5.41) is 11.8. The average Bonchev–Trinajstić information content (AvgIpc) is 2.38. The molecule has 1 rings (SSSR count). The van der Waals surface area contributed by atoms with Crippen molar-refractivity contribution in [2.24, 2.45) is 0 Å². The lowest BCUT2D eigenvalue weighted by Gasteiger charge is -2.13. The fourth-order valence-electron chi connectivity index (χ4n) is 1.52. The maximum Gasteiger partial charge on any atom is 0.339 e. The first-order valence-electron chi connectivity index (χ1n) is 5.90. The molecule has 1 aromatic carbocycles. The van der Waals surface area contributed by atoms with Crippen LogP contribution in [0.15, 0.2) is 12.1 Å². The van der Waals surface area contributed by atoms with E-state index in [2.05, 4.69) is 5.32 Å². The summed E-state index contributed by atoms with van der Waals surface area (Å²) < 4.78 is 4.98. The van der Waals surface area contributed by atoms with Crippen molar-refractivity contribution in [2.45, 2.75) is 6.42 Å². The van der Waals surface area contributed by atoms with Crippen LogP contribution in [-0.2, 0) is 4.79 Å². The van der Waals surface area contributed by atoms with Crippen LogP contribution in [0.5, 0.6) is 5.75 Å². The second-order valence-corrected chi connectivity index (χ2v) is 4.85. The van der Waals surface area contributed by atoms with E-state index in [0.29, 0.717) is 18.7 Å². The molecule has 7 heteroatoms. The molecule has 0 saturated heterocycles. The molecule has 0 spiro atoms. The minimum Gasteiger partial charge on any atom is -0.496 e. The van der Waals surface area contributed by atoms with Crippen LogP contribution in [0.4, 0.5) is 5.69 Å². The third-order valence-corrected chi connectivity index (χ3v) is 2.89. The SMILES string of the molecule is COc1cc(NC(=O)CCN(C)C)c(Cl)cc1C(=O)O. The van der Waals surface area contributed by atoms with Gasteiger partial charge in [-0.25, -0.2) is 4.79 Å². The van der Waals surface area contributed by atoms with E-state index in [1.165, 1.54) is 19.2 Å². The van der Waals surface area contributed by atoms with Crippen LogP contribution >= 0.6 is 11.6 Å². The molecule has 1 amide bonds. The van der Waals surface area contributed by atoms with E-state index >= 15 is 0 Å². The molecule has 0 aliphatic heterocycles. The first kappa shape index (κ1) is 16.3. The zero-order valence-corrected chi connectivity index (χ0v) is 12.3. The Morgan fingerprint density at radius 2 is 2.05 bits per heavy atom. The maximum absolute atomic E-state index is 11.7. The van der Waals surface area contributed by atoms with Gasteiger partial charge in [0.1, 0.15) is 11.3 Å². The van der Waals surface area contributed by atoms with Gasteiger partial charge in [0.25, 0.3) is 0 Å². The molecule has 0 bridgehead atoms. The molecule has 0 heterocycles. The Morgan fingerprint density at radius 3 is 2.55 bits per heavy atom. The van der Waals surface area contributed by atoms with Gasteiger partial charge in [0.15, 0.2) is 0 Å². The standard InChI is InChI=1S/C13H17ClN2O4/c1-16(2)5-4-12(17)15-10-7-11(20-3)8(13(18)19)6-9(10)14/h6-7H,4-5H2,1-3H3,(H,15,17)(H,18,19). The number of rotatable bonds is 6. The number of methoxy groups -OCH3 is 1. The highest BCUT2D eigenvalue weighted by Gasteiger charge is 2.16. The van der Waals surface area contributed by atoms with Crippen LogP contribution in [0.3, 0.4) is 0 Å². The van der Waals surface area contributed by atoms with E-state index in [9.17, 15) is 9.59 Å². The predicted octanol–water partition coefficient (Wildman–Crippen LogP) is 1.94. The zero-order chi connectivity index (χ0) is 15.3. The third-order valence-electron chi connectivity index (χ3n) is 2.58. The van der Waals surface area contributed by atoms with Gasteiger partial charge in [-0.2, -0.15) is 0 Å². The molecular formula is C13H17ClN2O4. The molecule has 20 heavy (non-hydrogen) atoms. The molecule has 0 atom stereocenters. The van der Waals surface area contributed by atoms with Gasteiger partial charge in [-0.1, -0.05) is 11.6 Å². The fourth-order valence-corrected chi connectivity index (χ4v) is 1.73. The second-order valence-electron chi connectivity index (χ2n) is 4.44. The number of carboxylic acid groups (broad SMARTS) is 1. The van der Waals surface area contributed by atoms with E-state index in [1.807, 2.05) is 19.0 Å². The van der Waals surface area contributed by atoms with E-state index in [1.54, 1.807) is 0 Å². The lowest BCUT2D eigenvalue weighted by Crippen LogP contribution is -2.21. The van der Waals surface area contributed by atoms with Crippen molar-refractivity contribution in [1.29, 1.82) is 0 Å². The highest BCUT2D eigenvalue weighted by atomic mass is 35.5. The molecule has 6 nitrogen and oxygen atoms in total. The van der Waals surface area contributed by atoms with Crippen LogP contribution in [0.1, 0.15) is 16.8 Å². The Balaban J connectivity index is 2.91. The molecule has 2 N–H and O–H groups in total. The number of carbonyl (C=O) groups is 2. The number of halogens is 1. The van der Waals surface area contributed by atoms with Crippen molar-refractivity contribution >= 4 is 29.2 Å². The van der Waals surface area contributed by atoms with Crippen molar-refractivity contribution < 1.29 is 19.4 Å². The van der Waals surface area contributed by atoms with E-state index < -0.39 is 5.97 Å². The molecule has 0 unspecified atom stereocenters. The van der Waals surface area contributed by atoms with Crippen LogP contribution in [0, 0.1) is 0 Å². The fraction of sp³-hybridized carbons (Fsp3) is 0.385. The first-order chi connectivity index (χ1) is 9.35. The minimum atomic E-state index is -1.14. The lowest BCUT2D eigenvalue weighted by molar-refractivity contribution is -0.116. The summed E-state index contributed by atoms with van der Waals surface area (Å²) in [5.74, 6) is -1.20. The van der Waals surface area contributed by atoms with Crippen molar-refractivity contribution in [3.05, 3.63) is 22.7 Å². The minimum absolute atomic E-state index is 0.0520. The zero-order valence-electron chi connectivity index (χ0n) is 11.6. The van der Waals surface area contributed by atoms with Gasteiger partial charge in [-0.3, -0.25) is 4.79 Å². The van der Waals surface area contributed by atoms with E-state index in [0.717, 1.165) is 0 Å². The molecule has 110 valence electrons. The number of benzene rings is 1. The molecule has 0 aromatic heterocycles. The number of aromatic carboxylic acids is 1. The Bertz CT molecular complexity index is 517. The Kier molecular flexibility index (Phi) is 5.79. The summed E-state index contributed by atoms with van der Waals surface area (Å²) in [4.78, 5) is 24.6. The van der Waals surface area contributed by atoms with Gasteiger partial charge < -0.3 is 20.1 Å². The summed E-state index contributed by atoms with van der Waals surface area (Å²) >= 11 is 5.97. The largest absolute Gasteiger partial charge is 0.496 e. The third kappa shape index (κ3) is 4.40. The number of carboxylic acids is 1. The number of nitrogens with zero attached hydrogens (tertiary/aromatic N) is 1. The predicted molar refractivity (Wildman–Crippen MR) is 76.8 cm³/mol. The van der Waals surface area contributed by atoms with Crippen molar-refractivity contribution in [3.8, 4) is 5.75 Å². The number of carbonyl (C=O) groups excluding carboxylic acids is 1. The first-order valence-corrected chi connectivity index (χ1v) is 6.28. The van der Waals surface area contributed by atoms with E-state index in [4.69, 9.17) is 21.4 Å². The molecule has 1 aromatic rings. The van der Waals surface area contributed by atoms with Gasteiger partial charge in [0, 0.05) is 19.0 Å². The Labute approximate surface area is 122 Å². The van der Waals surface area contributed by atoms with Crippen molar-refractivity contribution in [1.82, 2.24) is 4.90 Å². The number of nitrogens with one attached hydrogen (secondary N) is 1. The van der Waals surface area contributed by atoms with E-state index in [-0.39, 0.29) is 22.2 Å². The molecule has 0 aliphatic carbocycles. The smallest absolute Gasteiger partial charge is 0.339 e. The Hall–Kier alpha value is -1.79. The number of hydrogen-bond acceptors (Lipinski definition) is 4. The summed E-state index contributed by atoms with van der Waals surface area (Å²) in [7, 11) is 5.09. The number of hydrogen-bond donors (Lipinski definition) is 2. The topological polar surface area (TPSA) is 78.9 Å². The van der Waals surface area contributed by atoms with Crippen LogP contribution in [0.25, 0.3) is 0 Å². The summed E-state index contributed by atoms with van der Waals surface area (Å²) in [6.45, 7) is 0.605. The van der Waals surface area contributed by atoms with Crippen LogP contribution in [-0.4, -0.2) is 49.6 Å². The maximum atomic E-state index is 11.7. The number of amides is 1. The van der Waals surface area contributed by atoms with Crippen LogP contribution < -0.4 is 10.1 Å². The van der Waals surface area contributed by atoms with Crippen molar-refractivity contribution in [2.75, 3.05) is 33.1 Å². The second kappa shape index (κ2) is 7.12. The van der Waals surface area contributed by atoms with Gasteiger partial charge in [-0.05, 0) is 20.2 Å². The highest BCUT2D eigenvalue weighted by Crippen LogP contribution is 2.31. The molecule has 0 radical (unpaired) electrons. The molecule has 0 saturated carbocycles. The molecular weight excluding hydrogens is 284 g/mol. The summed E-state index contributed by atoms with van der Waals surface area (Å²) in [5.41, 5.74) is 0.279. The van der Waals surface area contributed by atoms with Gasteiger partial charge in [0.2, 0.25) is 5.91 Å². The summed E-state index contributed by atoms with van der Waals surface area (Å²) in [6.07, 6.45) is 0.312. The Morgan fingerprint density at radius 1 is 1.40 bits per heavy atom.